The molecule has 1 heterocycles. The summed E-state index contributed by atoms with van der Waals surface area (Å²) >= 11 is 0. The van der Waals surface area contributed by atoms with Crippen LogP contribution in [0.25, 0.3) is 0 Å². The SMILES string of the molecule is Fc1ccc(CNc2ccc(N3CCCC3)cc2)c(F)c1. The van der Waals surface area contributed by atoms with E-state index < -0.39 is 11.6 Å². The van der Waals surface area contributed by atoms with E-state index in [0.717, 1.165) is 24.8 Å². The van der Waals surface area contributed by atoms with Gasteiger partial charge in [0, 0.05) is 42.6 Å². The molecule has 0 saturated carbocycles. The topological polar surface area (TPSA) is 15.3 Å². The maximum absolute atomic E-state index is 13.5. The molecule has 0 spiro atoms. The van der Waals surface area contributed by atoms with Crippen molar-refractivity contribution in [2.45, 2.75) is 19.4 Å². The molecule has 21 heavy (non-hydrogen) atoms. The maximum atomic E-state index is 13.5. The lowest BCUT2D eigenvalue weighted by molar-refractivity contribution is 0.574. The lowest BCUT2D eigenvalue weighted by Crippen LogP contribution is -2.17. The Labute approximate surface area is 123 Å². The van der Waals surface area contributed by atoms with Crippen LogP contribution in [0.5, 0.6) is 0 Å². The first-order valence-electron chi connectivity index (χ1n) is 7.25. The molecule has 1 saturated heterocycles. The third kappa shape index (κ3) is 3.32. The quantitative estimate of drug-likeness (QED) is 0.908. The van der Waals surface area contributed by atoms with Gasteiger partial charge in [-0.25, -0.2) is 8.78 Å². The molecule has 0 radical (unpaired) electrons. The Morgan fingerprint density at radius 1 is 0.952 bits per heavy atom. The summed E-state index contributed by atoms with van der Waals surface area (Å²) in [4.78, 5) is 2.36. The van der Waals surface area contributed by atoms with Crippen molar-refractivity contribution in [1.82, 2.24) is 0 Å². The molecule has 1 N–H and O–H groups in total. The van der Waals surface area contributed by atoms with Crippen LogP contribution in [-0.2, 0) is 6.54 Å². The van der Waals surface area contributed by atoms with E-state index in [9.17, 15) is 8.78 Å². The molecule has 2 aromatic rings. The van der Waals surface area contributed by atoms with Crippen molar-refractivity contribution >= 4 is 11.4 Å². The summed E-state index contributed by atoms with van der Waals surface area (Å²) in [6, 6.07) is 11.8. The van der Waals surface area contributed by atoms with Crippen molar-refractivity contribution in [2.24, 2.45) is 0 Å². The first-order chi connectivity index (χ1) is 10.2. The predicted octanol–water partition coefficient (Wildman–Crippen LogP) is 4.18. The Bertz CT molecular complexity index is 605. The highest BCUT2D eigenvalue weighted by Crippen LogP contribution is 2.22. The van der Waals surface area contributed by atoms with E-state index in [1.54, 1.807) is 0 Å². The van der Waals surface area contributed by atoms with Crippen molar-refractivity contribution in [3.8, 4) is 0 Å². The van der Waals surface area contributed by atoms with Gasteiger partial charge in [0.1, 0.15) is 11.6 Å². The molecule has 0 atom stereocenters. The molecular formula is C17H18F2N2. The van der Waals surface area contributed by atoms with Crippen molar-refractivity contribution in [1.29, 1.82) is 0 Å². The molecule has 0 aromatic heterocycles. The summed E-state index contributed by atoms with van der Waals surface area (Å²) in [5, 5.41) is 3.16. The fourth-order valence-corrected chi connectivity index (χ4v) is 2.63. The minimum absolute atomic E-state index is 0.342. The van der Waals surface area contributed by atoms with Crippen LogP contribution in [0.3, 0.4) is 0 Å². The van der Waals surface area contributed by atoms with Crippen LogP contribution in [0.15, 0.2) is 42.5 Å². The molecule has 110 valence electrons. The smallest absolute Gasteiger partial charge is 0.131 e. The molecule has 3 rings (SSSR count). The van der Waals surface area contributed by atoms with Crippen LogP contribution >= 0.6 is 0 Å². The number of anilines is 2. The van der Waals surface area contributed by atoms with Gasteiger partial charge < -0.3 is 10.2 Å². The van der Waals surface area contributed by atoms with E-state index in [2.05, 4.69) is 22.3 Å². The number of nitrogens with zero attached hydrogens (tertiary/aromatic N) is 1. The second kappa shape index (κ2) is 6.12. The highest BCUT2D eigenvalue weighted by Gasteiger charge is 2.11. The summed E-state index contributed by atoms with van der Waals surface area (Å²) in [5.74, 6) is -1.07. The summed E-state index contributed by atoms with van der Waals surface area (Å²) in [6.45, 7) is 2.58. The normalized spacial score (nSPS) is 14.5. The zero-order chi connectivity index (χ0) is 14.7. The lowest BCUT2D eigenvalue weighted by Gasteiger charge is -2.18. The summed E-state index contributed by atoms with van der Waals surface area (Å²) in [7, 11) is 0. The minimum atomic E-state index is -0.550. The van der Waals surface area contributed by atoms with Crippen LogP contribution in [-0.4, -0.2) is 13.1 Å². The fourth-order valence-electron chi connectivity index (χ4n) is 2.63. The highest BCUT2D eigenvalue weighted by molar-refractivity contribution is 5.55. The molecule has 1 fully saturated rings. The number of hydrogen-bond acceptors (Lipinski definition) is 2. The van der Waals surface area contributed by atoms with Crippen LogP contribution in [0.1, 0.15) is 18.4 Å². The molecule has 2 nitrogen and oxygen atoms in total. The highest BCUT2D eigenvalue weighted by atomic mass is 19.1. The van der Waals surface area contributed by atoms with Gasteiger partial charge in [0.15, 0.2) is 0 Å². The lowest BCUT2D eigenvalue weighted by atomic mass is 10.2. The number of hydrogen-bond donors (Lipinski definition) is 1. The summed E-state index contributed by atoms with van der Waals surface area (Å²) in [6.07, 6.45) is 2.51. The number of benzene rings is 2. The molecule has 1 aliphatic rings. The van der Waals surface area contributed by atoms with E-state index in [1.807, 2.05) is 12.1 Å². The Morgan fingerprint density at radius 3 is 2.33 bits per heavy atom. The maximum Gasteiger partial charge on any atom is 0.131 e. The zero-order valence-electron chi connectivity index (χ0n) is 11.8. The van der Waals surface area contributed by atoms with E-state index in [1.165, 1.54) is 30.7 Å². The van der Waals surface area contributed by atoms with Gasteiger partial charge in [-0.3, -0.25) is 0 Å². The van der Waals surface area contributed by atoms with Crippen LogP contribution in [0.2, 0.25) is 0 Å². The first kappa shape index (κ1) is 13.9. The van der Waals surface area contributed by atoms with Gasteiger partial charge in [0.05, 0.1) is 0 Å². The van der Waals surface area contributed by atoms with E-state index in [0.29, 0.717) is 12.1 Å². The molecule has 0 bridgehead atoms. The van der Waals surface area contributed by atoms with E-state index in [4.69, 9.17) is 0 Å². The van der Waals surface area contributed by atoms with Crippen molar-refractivity contribution in [3.05, 3.63) is 59.7 Å². The number of rotatable bonds is 4. The summed E-state index contributed by atoms with van der Waals surface area (Å²) < 4.78 is 26.4. The Morgan fingerprint density at radius 2 is 1.67 bits per heavy atom. The zero-order valence-corrected chi connectivity index (χ0v) is 11.8. The van der Waals surface area contributed by atoms with Crippen molar-refractivity contribution in [2.75, 3.05) is 23.3 Å². The van der Waals surface area contributed by atoms with Crippen LogP contribution < -0.4 is 10.2 Å². The van der Waals surface area contributed by atoms with Crippen LogP contribution in [0, 0.1) is 11.6 Å². The predicted molar refractivity (Wildman–Crippen MR) is 81.6 cm³/mol. The second-order valence-corrected chi connectivity index (χ2v) is 5.33. The number of nitrogens with one attached hydrogen (secondary N) is 1. The third-order valence-electron chi connectivity index (χ3n) is 3.84. The molecule has 0 aliphatic carbocycles. The van der Waals surface area contributed by atoms with E-state index in [-0.39, 0.29) is 0 Å². The van der Waals surface area contributed by atoms with Gasteiger partial charge in [-0.15, -0.1) is 0 Å². The minimum Gasteiger partial charge on any atom is -0.381 e. The van der Waals surface area contributed by atoms with Crippen LogP contribution in [0.4, 0.5) is 20.2 Å². The van der Waals surface area contributed by atoms with Gasteiger partial charge in [-0.2, -0.15) is 0 Å². The van der Waals surface area contributed by atoms with Gasteiger partial charge in [-0.05, 0) is 43.2 Å². The second-order valence-electron chi connectivity index (χ2n) is 5.33. The largest absolute Gasteiger partial charge is 0.381 e. The van der Waals surface area contributed by atoms with Gasteiger partial charge in [0.25, 0.3) is 0 Å². The van der Waals surface area contributed by atoms with E-state index >= 15 is 0 Å². The number of halogens is 2. The van der Waals surface area contributed by atoms with Crippen molar-refractivity contribution < 1.29 is 8.78 Å². The molecule has 0 amide bonds. The van der Waals surface area contributed by atoms with Gasteiger partial charge in [-0.1, -0.05) is 6.07 Å². The standard InChI is InChI=1S/C17H18F2N2/c18-14-4-3-13(17(19)11-14)12-20-15-5-7-16(8-6-15)21-9-1-2-10-21/h3-8,11,20H,1-2,9-10,12H2. The monoisotopic (exact) mass is 288 g/mol. The molecule has 1 aliphatic heterocycles. The third-order valence-corrected chi connectivity index (χ3v) is 3.84. The average Bonchev–Trinajstić information content (AvgIpc) is 3.01. The average molecular weight is 288 g/mol. The van der Waals surface area contributed by atoms with Gasteiger partial charge in [0.2, 0.25) is 0 Å². The molecular weight excluding hydrogens is 270 g/mol. The first-order valence-corrected chi connectivity index (χ1v) is 7.25. The Kier molecular flexibility index (Phi) is 4.04. The van der Waals surface area contributed by atoms with Gasteiger partial charge >= 0.3 is 0 Å². The Balaban J connectivity index is 1.62. The summed E-state index contributed by atoms with van der Waals surface area (Å²) in [5.41, 5.74) is 2.62. The molecule has 0 unspecified atom stereocenters. The molecule has 2 aromatic carbocycles. The fraction of sp³-hybridized carbons (Fsp3) is 0.294. The molecule has 4 heteroatoms. The van der Waals surface area contributed by atoms with Crippen molar-refractivity contribution in [3.63, 3.8) is 0 Å². The Hall–Kier alpha value is -2.10.